The molecule has 3 aromatic rings. The van der Waals surface area contributed by atoms with Crippen molar-refractivity contribution < 1.29 is 14.7 Å². The number of aromatic carboxylic acids is 1. The van der Waals surface area contributed by atoms with Gasteiger partial charge in [-0.25, -0.2) is 4.79 Å². The number of carboxylic acid groups (broad SMARTS) is 1. The number of carboxylic acids is 1. The Balaban J connectivity index is 1.67. The molecule has 3 rings (SSSR count). The van der Waals surface area contributed by atoms with Crippen LogP contribution in [0.3, 0.4) is 0 Å². The van der Waals surface area contributed by atoms with E-state index in [0.717, 1.165) is 17.0 Å². The van der Waals surface area contributed by atoms with Crippen molar-refractivity contribution in [3.63, 3.8) is 0 Å². The Morgan fingerprint density at radius 2 is 1.88 bits per heavy atom. The van der Waals surface area contributed by atoms with E-state index in [1.807, 2.05) is 36.4 Å². The third-order valence-corrected chi connectivity index (χ3v) is 3.71. The van der Waals surface area contributed by atoms with Crippen molar-refractivity contribution >= 4 is 11.9 Å². The second-order valence-electron chi connectivity index (χ2n) is 5.30. The van der Waals surface area contributed by atoms with Crippen molar-refractivity contribution in [2.45, 2.75) is 6.54 Å². The van der Waals surface area contributed by atoms with Gasteiger partial charge in [-0.05, 0) is 18.2 Å². The molecule has 7 heteroatoms. The average Bonchev–Trinajstić information content (AvgIpc) is 3.20. The maximum absolute atomic E-state index is 12.2. The first-order valence-corrected chi connectivity index (χ1v) is 7.33. The van der Waals surface area contributed by atoms with E-state index >= 15 is 0 Å². The van der Waals surface area contributed by atoms with Crippen molar-refractivity contribution in [1.29, 1.82) is 0 Å². The van der Waals surface area contributed by atoms with Crippen LogP contribution < -0.4 is 5.32 Å². The maximum atomic E-state index is 12.2. The van der Waals surface area contributed by atoms with E-state index in [1.165, 1.54) is 16.7 Å². The predicted octanol–water partition coefficient (Wildman–Crippen LogP) is 2.04. The van der Waals surface area contributed by atoms with Gasteiger partial charge >= 0.3 is 5.97 Å². The second kappa shape index (κ2) is 6.41. The van der Waals surface area contributed by atoms with Crippen molar-refractivity contribution in [3.8, 4) is 11.3 Å². The number of benzene rings is 1. The largest absolute Gasteiger partial charge is 0.477 e. The standard InChI is InChI=1S/C17H16N4O3/c1-21-14(7-8-15(21)17(23)24)16(22)18-10-12-9-13(20-19-12)11-5-3-2-4-6-11/h2-9H,10H2,1H3,(H,18,22)(H,19,20)(H,23,24). The minimum absolute atomic E-state index is 0.0630. The first kappa shape index (κ1) is 15.5. The molecule has 0 spiro atoms. The summed E-state index contributed by atoms with van der Waals surface area (Å²) >= 11 is 0. The fraction of sp³-hybridized carbons (Fsp3) is 0.118. The van der Waals surface area contributed by atoms with Gasteiger partial charge in [0.25, 0.3) is 5.91 Å². The molecule has 122 valence electrons. The van der Waals surface area contributed by atoms with Gasteiger partial charge in [-0.3, -0.25) is 9.89 Å². The summed E-state index contributed by atoms with van der Waals surface area (Å²) in [6, 6.07) is 14.5. The highest BCUT2D eigenvalue weighted by molar-refractivity contribution is 5.95. The van der Waals surface area contributed by atoms with Crippen LogP contribution in [0.5, 0.6) is 0 Å². The van der Waals surface area contributed by atoms with E-state index in [4.69, 9.17) is 5.11 Å². The molecule has 0 saturated carbocycles. The molecular weight excluding hydrogens is 308 g/mol. The number of rotatable bonds is 5. The Morgan fingerprint density at radius 3 is 2.54 bits per heavy atom. The number of aromatic amines is 1. The summed E-state index contributed by atoms with van der Waals surface area (Å²) in [5.41, 5.74) is 2.89. The van der Waals surface area contributed by atoms with E-state index in [9.17, 15) is 9.59 Å². The lowest BCUT2D eigenvalue weighted by Crippen LogP contribution is -2.25. The molecule has 0 aliphatic heterocycles. The molecule has 2 aromatic heterocycles. The van der Waals surface area contributed by atoms with Gasteiger partial charge in [-0.2, -0.15) is 5.10 Å². The Morgan fingerprint density at radius 1 is 1.17 bits per heavy atom. The van der Waals surface area contributed by atoms with Crippen LogP contribution >= 0.6 is 0 Å². The van der Waals surface area contributed by atoms with E-state index in [2.05, 4.69) is 15.5 Å². The van der Waals surface area contributed by atoms with Crippen LogP contribution in [-0.4, -0.2) is 31.7 Å². The Labute approximate surface area is 137 Å². The van der Waals surface area contributed by atoms with Gasteiger partial charge in [-0.1, -0.05) is 30.3 Å². The van der Waals surface area contributed by atoms with Crippen LogP contribution in [-0.2, 0) is 13.6 Å². The van der Waals surface area contributed by atoms with E-state index in [1.54, 1.807) is 7.05 Å². The smallest absolute Gasteiger partial charge is 0.352 e. The van der Waals surface area contributed by atoms with Gasteiger partial charge < -0.3 is 15.0 Å². The van der Waals surface area contributed by atoms with Crippen molar-refractivity contribution in [3.05, 3.63) is 65.6 Å². The van der Waals surface area contributed by atoms with Gasteiger partial charge in [-0.15, -0.1) is 0 Å². The van der Waals surface area contributed by atoms with Gasteiger partial charge in [0, 0.05) is 12.6 Å². The van der Waals surface area contributed by atoms with Gasteiger partial charge in [0.1, 0.15) is 11.4 Å². The second-order valence-corrected chi connectivity index (χ2v) is 5.30. The molecule has 1 aromatic carbocycles. The van der Waals surface area contributed by atoms with Crippen molar-refractivity contribution in [1.82, 2.24) is 20.1 Å². The summed E-state index contributed by atoms with van der Waals surface area (Å²) in [7, 11) is 1.54. The minimum Gasteiger partial charge on any atom is -0.477 e. The number of hydrogen-bond acceptors (Lipinski definition) is 3. The lowest BCUT2D eigenvalue weighted by molar-refractivity contribution is 0.0686. The fourth-order valence-electron chi connectivity index (χ4n) is 2.43. The molecule has 0 unspecified atom stereocenters. The van der Waals surface area contributed by atoms with Crippen LogP contribution in [0, 0.1) is 0 Å². The lowest BCUT2D eigenvalue weighted by Gasteiger charge is -2.06. The molecular formula is C17H16N4O3. The maximum Gasteiger partial charge on any atom is 0.352 e. The molecule has 0 aliphatic rings. The number of nitrogens with zero attached hydrogens (tertiary/aromatic N) is 2. The fourth-order valence-corrected chi connectivity index (χ4v) is 2.43. The molecule has 24 heavy (non-hydrogen) atoms. The summed E-state index contributed by atoms with van der Waals surface area (Å²) in [5, 5.41) is 18.9. The highest BCUT2D eigenvalue weighted by Crippen LogP contribution is 2.16. The summed E-state index contributed by atoms with van der Waals surface area (Å²) in [6.45, 7) is 0.270. The van der Waals surface area contributed by atoms with Gasteiger partial charge in [0.05, 0.1) is 17.9 Å². The highest BCUT2D eigenvalue weighted by Gasteiger charge is 2.16. The number of carbonyl (C=O) groups is 2. The summed E-state index contributed by atoms with van der Waals surface area (Å²) in [6.07, 6.45) is 0. The summed E-state index contributed by atoms with van der Waals surface area (Å²) in [5.74, 6) is -1.42. The summed E-state index contributed by atoms with van der Waals surface area (Å²) < 4.78 is 1.35. The molecule has 0 aliphatic carbocycles. The zero-order valence-corrected chi connectivity index (χ0v) is 13.0. The van der Waals surface area contributed by atoms with Gasteiger partial charge in [0.2, 0.25) is 0 Å². The molecule has 3 N–H and O–H groups in total. The number of nitrogens with one attached hydrogen (secondary N) is 2. The number of carbonyl (C=O) groups excluding carboxylic acids is 1. The number of aromatic nitrogens is 3. The first-order chi connectivity index (χ1) is 11.6. The molecule has 2 heterocycles. The SMILES string of the molecule is Cn1c(C(=O)O)ccc1C(=O)NCc1cc(-c2ccccc2)n[nH]1. The first-order valence-electron chi connectivity index (χ1n) is 7.33. The van der Waals surface area contributed by atoms with Gasteiger partial charge in [0.15, 0.2) is 0 Å². The zero-order chi connectivity index (χ0) is 17.1. The molecule has 0 bridgehead atoms. The Hall–Kier alpha value is -3.35. The topological polar surface area (TPSA) is 100 Å². The Kier molecular flexibility index (Phi) is 4.15. The van der Waals surface area contributed by atoms with E-state index in [0.29, 0.717) is 0 Å². The average molecular weight is 324 g/mol. The molecule has 1 amide bonds. The highest BCUT2D eigenvalue weighted by atomic mass is 16.4. The minimum atomic E-state index is -1.07. The quantitative estimate of drug-likeness (QED) is 0.668. The van der Waals surface area contributed by atoms with Crippen LogP contribution in [0.4, 0.5) is 0 Å². The molecule has 0 atom stereocenters. The molecule has 0 radical (unpaired) electrons. The third kappa shape index (κ3) is 3.05. The van der Waals surface area contributed by atoms with Crippen LogP contribution in [0.1, 0.15) is 26.7 Å². The van der Waals surface area contributed by atoms with Crippen LogP contribution in [0.15, 0.2) is 48.5 Å². The zero-order valence-electron chi connectivity index (χ0n) is 13.0. The molecule has 7 nitrogen and oxygen atoms in total. The summed E-state index contributed by atoms with van der Waals surface area (Å²) in [4.78, 5) is 23.2. The van der Waals surface area contributed by atoms with Crippen LogP contribution in [0.25, 0.3) is 11.3 Å². The monoisotopic (exact) mass is 324 g/mol. The third-order valence-electron chi connectivity index (χ3n) is 3.71. The normalized spacial score (nSPS) is 10.5. The van der Waals surface area contributed by atoms with Crippen molar-refractivity contribution in [2.75, 3.05) is 0 Å². The van der Waals surface area contributed by atoms with Crippen molar-refractivity contribution in [2.24, 2.45) is 7.05 Å². The lowest BCUT2D eigenvalue weighted by atomic mass is 10.1. The number of hydrogen-bond donors (Lipinski definition) is 3. The Bertz CT molecular complexity index is 880. The number of amides is 1. The molecule has 0 fully saturated rings. The van der Waals surface area contributed by atoms with E-state index < -0.39 is 5.97 Å². The predicted molar refractivity (Wildman–Crippen MR) is 87.6 cm³/mol. The van der Waals surface area contributed by atoms with Crippen LogP contribution in [0.2, 0.25) is 0 Å². The molecule has 0 saturated heterocycles. The van der Waals surface area contributed by atoms with E-state index in [-0.39, 0.29) is 23.8 Å². The number of H-pyrrole nitrogens is 1.